The molecule has 4 aromatic rings. The van der Waals surface area contributed by atoms with Crippen molar-refractivity contribution in [2.45, 2.75) is 12.5 Å². The molecule has 3 aromatic carbocycles. The van der Waals surface area contributed by atoms with E-state index in [-0.39, 0.29) is 17.8 Å². The van der Waals surface area contributed by atoms with Gasteiger partial charge in [-0.2, -0.15) is 0 Å². The summed E-state index contributed by atoms with van der Waals surface area (Å²) in [4.78, 5) is 42.2. The van der Waals surface area contributed by atoms with Crippen LogP contribution in [-0.2, 0) is 16.0 Å². The number of carbonyl (C=O) groups excluding carboxylic acids is 2. The lowest BCUT2D eigenvalue weighted by Crippen LogP contribution is -2.33. The van der Waals surface area contributed by atoms with E-state index in [1.165, 1.54) is 29.2 Å². The van der Waals surface area contributed by atoms with Gasteiger partial charge in [-0.05, 0) is 47.4 Å². The molecule has 0 spiro atoms. The van der Waals surface area contributed by atoms with Crippen molar-refractivity contribution < 1.29 is 24.4 Å². The number of nitro groups is 1. The molecule has 0 radical (unpaired) electrons. The highest BCUT2D eigenvalue weighted by Gasteiger charge is 2.43. The number of aliphatic hydroxyl groups excluding tert-OH is 1. The van der Waals surface area contributed by atoms with Crippen LogP contribution >= 0.6 is 0 Å². The van der Waals surface area contributed by atoms with Gasteiger partial charge in [0.05, 0.1) is 23.6 Å². The molecule has 1 amide bonds. The van der Waals surface area contributed by atoms with Crippen molar-refractivity contribution in [3.8, 4) is 5.75 Å². The third-order valence-corrected chi connectivity index (χ3v) is 6.79. The summed E-state index contributed by atoms with van der Waals surface area (Å²) in [7, 11) is 1.58. The Hall–Kier alpha value is -5.18. The third-order valence-electron chi connectivity index (χ3n) is 6.79. The maximum atomic E-state index is 13.4. The first kappa shape index (κ1) is 25.5. The standard InChI is InChI=1S/C30H25N3O6/c1-39-23-11-12-25-24(17-23)21(18-31-25)14-15-32-28(20-8-5-9-22(16-20)33(37)38)27(29(35)30(32)36)26(34)13-10-19-6-3-2-4-7-19/h2-13,16-18,28,31,35H,14-15H2,1H3/b13-10+. The highest BCUT2D eigenvalue weighted by Crippen LogP contribution is 2.39. The molecule has 2 heterocycles. The van der Waals surface area contributed by atoms with Crippen LogP contribution in [0.1, 0.15) is 22.7 Å². The van der Waals surface area contributed by atoms with Crippen LogP contribution in [0, 0.1) is 10.1 Å². The second-order valence-electron chi connectivity index (χ2n) is 9.10. The van der Waals surface area contributed by atoms with Crippen molar-refractivity contribution in [1.29, 1.82) is 0 Å². The summed E-state index contributed by atoms with van der Waals surface area (Å²) in [5, 5.41) is 23.3. The molecule has 0 bridgehead atoms. The molecule has 1 atom stereocenters. The lowest BCUT2D eigenvalue weighted by atomic mass is 9.95. The van der Waals surface area contributed by atoms with E-state index < -0.39 is 28.4 Å². The first-order chi connectivity index (χ1) is 18.9. The summed E-state index contributed by atoms with van der Waals surface area (Å²) in [6, 6.07) is 19.6. The van der Waals surface area contributed by atoms with E-state index in [0.717, 1.165) is 22.0 Å². The normalized spacial score (nSPS) is 15.5. The molecular formula is C30H25N3O6. The highest BCUT2D eigenvalue weighted by atomic mass is 16.6. The summed E-state index contributed by atoms with van der Waals surface area (Å²) in [5.74, 6) is -1.23. The SMILES string of the molecule is COc1ccc2[nH]cc(CCN3C(=O)C(O)=C(C(=O)/C=C/c4ccccc4)C3c3cccc([N+](=O)[O-])c3)c2c1. The number of nitrogens with one attached hydrogen (secondary N) is 1. The number of H-pyrrole nitrogens is 1. The van der Waals surface area contributed by atoms with Crippen molar-refractivity contribution in [3.63, 3.8) is 0 Å². The quantitative estimate of drug-likeness (QED) is 0.174. The monoisotopic (exact) mass is 523 g/mol. The van der Waals surface area contributed by atoms with E-state index in [9.17, 15) is 24.8 Å². The predicted molar refractivity (Wildman–Crippen MR) is 146 cm³/mol. The number of hydrogen-bond acceptors (Lipinski definition) is 6. The van der Waals surface area contributed by atoms with Gasteiger partial charge in [-0.3, -0.25) is 19.7 Å². The highest BCUT2D eigenvalue weighted by molar-refractivity contribution is 6.14. The maximum absolute atomic E-state index is 13.4. The molecule has 1 aliphatic heterocycles. The van der Waals surface area contributed by atoms with Gasteiger partial charge < -0.3 is 19.7 Å². The Morgan fingerprint density at radius 2 is 1.92 bits per heavy atom. The molecule has 196 valence electrons. The zero-order valence-corrected chi connectivity index (χ0v) is 21.0. The number of non-ortho nitro benzene ring substituents is 1. The van der Waals surface area contributed by atoms with E-state index >= 15 is 0 Å². The van der Waals surface area contributed by atoms with Crippen LogP contribution in [0.15, 0.2) is 96.4 Å². The average molecular weight is 524 g/mol. The minimum atomic E-state index is -0.995. The van der Waals surface area contributed by atoms with E-state index in [1.54, 1.807) is 19.3 Å². The lowest BCUT2D eigenvalue weighted by Gasteiger charge is -2.26. The van der Waals surface area contributed by atoms with E-state index in [4.69, 9.17) is 4.74 Å². The Morgan fingerprint density at radius 3 is 2.67 bits per heavy atom. The molecule has 1 aromatic heterocycles. The van der Waals surface area contributed by atoms with Gasteiger partial charge in [-0.15, -0.1) is 0 Å². The maximum Gasteiger partial charge on any atom is 0.290 e. The molecule has 9 nitrogen and oxygen atoms in total. The van der Waals surface area contributed by atoms with E-state index in [1.807, 2.05) is 54.7 Å². The Labute approximate surface area is 223 Å². The number of hydrogen-bond donors (Lipinski definition) is 2. The number of methoxy groups -OCH3 is 1. The topological polar surface area (TPSA) is 126 Å². The molecule has 0 saturated heterocycles. The Balaban J connectivity index is 1.50. The minimum Gasteiger partial charge on any atom is -0.503 e. The van der Waals surface area contributed by atoms with Crippen molar-refractivity contribution in [2.75, 3.05) is 13.7 Å². The van der Waals surface area contributed by atoms with Gasteiger partial charge in [0.2, 0.25) is 0 Å². The summed E-state index contributed by atoms with van der Waals surface area (Å²) >= 11 is 0. The number of aromatic amines is 1. The Kier molecular flexibility index (Phi) is 6.96. The third kappa shape index (κ3) is 5.02. The smallest absolute Gasteiger partial charge is 0.290 e. The number of benzene rings is 3. The number of nitrogens with zero attached hydrogens (tertiary/aromatic N) is 2. The van der Waals surface area contributed by atoms with Gasteiger partial charge >= 0.3 is 0 Å². The van der Waals surface area contributed by atoms with E-state index in [2.05, 4.69) is 4.98 Å². The van der Waals surface area contributed by atoms with Crippen LogP contribution < -0.4 is 4.74 Å². The number of aromatic nitrogens is 1. The fourth-order valence-electron chi connectivity index (χ4n) is 4.85. The van der Waals surface area contributed by atoms with Crippen LogP contribution in [0.5, 0.6) is 5.75 Å². The second kappa shape index (κ2) is 10.7. The van der Waals surface area contributed by atoms with Crippen LogP contribution in [0.25, 0.3) is 17.0 Å². The number of fused-ring (bicyclic) bond motifs is 1. The number of amides is 1. The largest absolute Gasteiger partial charge is 0.503 e. The lowest BCUT2D eigenvalue weighted by molar-refractivity contribution is -0.384. The molecule has 0 aliphatic carbocycles. The number of allylic oxidation sites excluding steroid dienone is 1. The molecule has 1 unspecified atom stereocenters. The fourth-order valence-corrected chi connectivity index (χ4v) is 4.85. The van der Waals surface area contributed by atoms with Crippen LogP contribution in [0.4, 0.5) is 5.69 Å². The predicted octanol–water partition coefficient (Wildman–Crippen LogP) is 5.31. The summed E-state index contributed by atoms with van der Waals surface area (Å²) in [5.41, 5.74) is 2.65. The minimum absolute atomic E-state index is 0.117. The van der Waals surface area contributed by atoms with Gasteiger partial charge in [-0.25, -0.2) is 0 Å². The fraction of sp³-hybridized carbons (Fsp3) is 0.133. The summed E-state index contributed by atoms with van der Waals surface area (Å²) in [6.45, 7) is 0.152. The molecule has 39 heavy (non-hydrogen) atoms. The van der Waals surface area contributed by atoms with Gasteiger partial charge in [0.25, 0.3) is 11.6 Å². The first-order valence-corrected chi connectivity index (χ1v) is 12.3. The number of nitro benzene ring substituents is 1. The zero-order valence-electron chi connectivity index (χ0n) is 21.0. The molecule has 9 heteroatoms. The number of rotatable bonds is 9. The molecule has 2 N–H and O–H groups in total. The van der Waals surface area contributed by atoms with Crippen LogP contribution in [0.2, 0.25) is 0 Å². The molecular weight excluding hydrogens is 498 g/mol. The summed E-state index contributed by atoms with van der Waals surface area (Å²) in [6.07, 6.45) is 5.14. The Bertz CT molecular complexity index is 1640. The van der Waals surface area contributed by atoms with Crippen molar-refractivity contribution in [3.05, 3.63) is 123 Å². The Morgan fingerprint density at radius 1 is 1.13 bits per heavy atom. The van der Waals surface area contributed by atoms with Gasteiger partial charge in [0.1, 0.15) is 5.75 Å². The van der Waals surface area contributed by atoms with Gasteiger partial charge in [-0.1, -0.05) is 48.5 Å². The molecule has 1 aliphatic rings. The van der Waals surface area contributed by atoms with Crippen molar-refractivity contribution >= 4 is 34.4 Å². The van der Waals surface area contributed by atoms with Crippen molar-refractivity contribution in [1.82, 2.24) is 9.88 Å². The van der Waals surface area contributed by atoms with Crippen LogP contribution in [0.3, 0.4) is 0 Å². The van der Waals surface area contributed by atoms with E-state index in [0.29, 0.717) is 17.7 Å². The number of aliphatic hydroxyl groups is 1. The summed E-state index contributed by atoms with van der Waals surface area (Å²) < 4.78 is 5.34. The van der Waals surface area contributed by atoms with Gasteiger partial charge in [0.15, 0.2) is 11.5 Å². The molecule has 0 saturated carbocycles. The number of ether oxygens (including phenoxy) is 1. The molecule has 0 fully saturated rings. The first-order valence-electron chi connectivity index (χ1n) is 12.3. The number of carbonyl (C=O) groups is 2. The second-order valence-corrected chi connectivity index (χ2v) is 9.10. The average Bonchev–Trinajstić information content (AvgIpc) is 3.48. The van der Waals surface area contributed by atoms with Gasteiger partial charge in [0, 0.05) is 35.8 Å². The number of ketones is 1. The molecule has 5 rings (SSSR count). The van der Waals surface area contributed by atoms with Crippen LogP contribution in [-0.4, -0.2) is 45.3 Å². The zero-order chi connectivity index (χ0) is 27.5. The van der Waals surface area contributed by atoms with Crippen molar-refractivity contribution in [2.24, 2.45) is 0 Å².